The lowest BCUT2D eigenvalue weighted by Gasteiger charge is -2.21. The predicted octanol–water partition coefficient (Wildman–Crippen LogP) is 3.18. The van der Waals surface area contributed by atoms with Crippen LogP contribution in [0.4, 0.5) is 13.2 Å². The van der Waals surface area contributed by atoms with Crippen LogP contribution in [0.15, 0.2) is 6.07 Å². The van der Waals surface area contributed by atoms with Gasteiger partial charge in [0.05, 0.1) is 5.52 Å². The normalized spacial score (nSPS) is 19.2. The number of aromatic amines is 1. The summed E-state index contributed by atoms with van der Waals surface area (Å²) in [7, 11) is 1.82. The van der Waals surface area contributed by atoms with Gasteiger partial charge < -0.3 is 10.3 Å². The van der Waals surface area contributed by atoms with Gasteiger partial charge in [-0.2, -0.15) is 0 Å². The molecule has 0 bridgehead atoms. The molecular formula is C13H13F3N2. The summed E-state index contributed by atoms with van der Waals surface area (Å²) in [6.45, 7) is 0. The molecule has 2 N–H and O–H groups in total. The van der Waals surface area contributed by atoms with E-state index in [1.54, 1.807) is 0 Å². The van der Waals surface area contributed by atoms with Gasteiger partial charge in [-0.05, 0) is 31.9 Å². The van der Waals surface area contributed by atoms with Crippen molar-refractivity contribution in [2.45, 2.75) is 25.3 Å². The number of aryl methyl sites for hydroxylation is 1. The van der Waals surface area contributed by atoms with E-state index in [2.05, 4.69) is 10.3 Å². The number of nitrogens with one attached hydrogen (secondary N) is 2. The van der Waals surface area contributed by atoms with E-state index in [4.69, 9.17) is 0 Å². The SMILES string of the molecule is CNC1CCCc2c1[nH]c1cc(F)c(F)c(F)c21. The van der Waals surface area contributed by atoms with Gasteiger partial charge in [-0.1, -0.05) is 0 Å². The molecule has 1 unspecified atom stereocenters. The fraction of sp³-hybridized carbons (Fsp3) is 0.385. The molecule has 1 aliphatic carbocycles. The van der Waals surface area contributed by atoms with Crippen molar-refractivity contribution < 1.29 is 13.2 Å². The number of H-pyrrole nitrogens is 1. The van der Waals surface area contributed by atoms with Crippen LogP contribution in [0.3, 0.4) is 0 Å². The average molecular weight is 254 g/mol. The lowest BCUT2D eigenvalue weighted by atomic mass is 9.91. The van der Waals surface area contributed by atoms with E-state index in [1.165, 1.54) is 0 Å². The highest BCUT2D eigenvalue weighted by Gasteiger charge is 2.26. The largest absolute Gasteiger partial charge is 0.357 e. The van der Waals surface area contributed by atoms with Crippen LogP contribution in [-0.4, -0.2) is 12.0 Å². The van der Waals surface area contributed by atoms with Crippen molar-refractivity contribution in [2.24, 2.45) is 0 Å². The van der Waals surface area contributed by atoms with Crippen molar-refractivity contribution >= 4 is 10.9 Å². The van der Waals surface area contributed by atoms with Gasteiger partial charge in [0.15, 0.2) is 17.5 Å². The maximum absolute atomic E-state index is 13.9. The topological polar surface area (TPSA) is 27.8 Å². The molecule has 5 heteroatoms. The van der Waals surface area contributed by atoms with Gasteiger partial charge in [0.1, 0.15) is 0 Å². The second kappa shape index (κ2) is 4.02. The van der Waals surface area contributed by atoms with E-state index in [0.29, 0.717) is 11.9 Å². The standard InChI is InChI=1S/C13H13F3N2/c1-17-8-4-2-3-6-10-9(18-13(6)8)5-7(14)11(15)12(10)16/h5,8,17-18H,2-4H2,1H3. The molecular weight excluding hydrogens is 241 g/mol. The first-order valence-electron chi connectivity index (χ1n) is 5.98. The van der Waals surface area contributed by atoms with Gasteiger partial charge in [-0.3, -0.25) is 0 Å². The van der Waals surface area contributed by atoms with Crippen LogP contribution in [0.1, 0.15) is 30.1 Å². The molecule has 0 saturated heterocycles. The lowest BCUT2D eigenvalue weighted by molar-refractivity contribution is 0.453. The minimum absolute atomic E-state index is 0.0895. The van der Waals surface area contributed by atoms with Crippen molar-refractivity contribution in [2.75, 3.05) is 7.05 Å². The number of halogens is 3. The summed E-state index contributed by atoms with van der Waals surface area (Å²) in [5.41, 5.74) is 1.95. The Kier molecular flexibility index (Phi) is 2.59. The number of fused-ring (bicyclic) bond motifs is 3. The summed E-state index contributed by atoms with van der Waals surface area (Å²) in [5.74, 6) is -3.63. The van der Waals surface area contributed by atoms with Crippen LogP contribution in [0.25, 0.3) is 10.9 Å². The third-order valence-corrected chi connectivity index (χ3v) is 3.68. The first-order chi connectivity index (χ1) is 8.63. The van der Waals surface area contributed by atoms with Crippen molar-refractivity contribution in [3.8, 4) is 0 Å². The summed E-state index contributed by atoms with van der Waals surface area (Å²) >= 11 is 0. The van der Waals surface area contributed by atoms with Gasteiger partial charge in [-0.15, -0.1) is 0 Å². The molecule has 1 aliphatic rings. The number of aromatic nitrogens is 1. The summed E-state index contributed by atoms with van der Waals surface area (Å²) in [6.07, 6.45) is 2.53. The Morgan fingerprint density at radius 1 is 1.28 bits per heavy atom. The molecule has 0 aliphatic heterocycles. The third kappa shape index (κ3) is 1.47. The summed E-state index contributed by atoms with van der Waals surface area (Å²) < 4.78 is 40.4. The zero-order valence-corrected chi connectivity index (χ0v) is 9.91. The zero-order valence-electron chi connectivity index (χ0n) is 9.91. The molecule has 3 rings (SSSR count). The third-order valence-electron chi connectivity index (χ3n) is 3.68. The first kappa shape index (κ1) is 11.6. The first-order valence-corrected chi connectivity index (χ1v) is 5.98. The van der Waals surface area contributed by atoms with Gasteiger partial charge in [-0.25, -0.2) is 13.2 Å². The molecule has 1 aromatic heterocycles. The van der Waals surface area contributed by atoms with Gasteiger partial charge in [0.25, 0.3) is 0 Å². The number of benzene rings is 1. The molecule has 0 spiro atoms. The fourth-order valence-electron chi connectivity index (χ4n) is 2.82. The Bertz CT molecular complexity index is 618. The Morgan fingerprint density at radius 2 is 2.06 bits per heavy atom. The second-order valence-electron chi connectivity index (χ2n) is 4.66. The van der Waals surface area contributed by atoms with E-state index < -0.39 is 17.5 Å². The summed E-state index contributed by atoms with van der Waals surface area (Å²) in [5, 5.41) is 3.33. The minimum Gasteiger partial charge on any atom is -0.357 e. The van der Waals surface area contributed by atoms with E-state index in [-0.39, 0.29) is 11.4 Å². The molecule has 2 nitrogen and oxygen atoms in total. The van der Waals surface area contributed by atoms with E-state index in [0.717, 1.165) is 30.2 Å². The predicted molar refractivity (Wildman–Crippen MR) is 62.9 cm³/mol. The Hall–Kier alpha value is -1.49. The maximum atomic E-state index is 13.9. The molecule has 0 saturated carbocycles. The van der Waals surface area contributed by atoms with Crippen LogP contribution >= 0.6 is 0 Å². The van der Waals surface area contributed by atoms with Crippen molar-refractivity contribution in [1.82, 2.24) is 10.3 Å². The van der Waals surface area contributed by atoms with Crippen LogP contribution in [0, 0.1) is 17.5 Å². The monoisotopic (exact) mass is 254 g/mol. The highest BCUT2D eigenvalue weighted by molar-refractivity contribution is 5.86. The van der Waals surface area contributed by atoms with E-state index in [9.17, 15) is 13.2 Å². The Morgan fingerprint density at radius 3 is 2.78 bits per heavy atom. The minimum atomic E-state index is -1.39. The Labute approximate surface area is 102 Å². The second-order valence-corrected chi connectivity index (χ2v) is 4.66. The van der Waals surface area contributed by atoms with Crippen LogP contribution in [0.5, 0.6) is 0 Å². The number of hydrogen-bond donors (Lipinski definition) is 2. The smallest absolute Gasteiger partial charge is 0.195 e. The number of rotatable bonds is 1. The molecule has 2 aromatic rings. The van der Waals surface area contributed by atoms with E-state index >= 15 is 0 Å². The van der Waals surface area contributed by atoms with Crippen LogP contribution in [0.2, 0.25) is 0 Å². The fourth-order valence-corrected chi connectivity index (χ4v) is 2.82. The molecule has 1 atom stereocenters. The molecule has 1 heterocycles. The number of hydrogen-bond acceptors (Lipinski definition) is 1. The molecule has 1 aromatic carbocycles. The van der Waals surface area contributed by atoms with Crippen LogP contribution < -0.4 is 5.32 Å². The molecule has 0 fully saturated rings. The Balaban J connectivity index is 2.33. The quantitative estimate of drug-likeness (QED) is 0.751. The van der Waals surface area contributed by atoms with Crippen molar-refractivity contribution in [3.05, 3.63) is 34.8 Å². The average Bonchev–Trinajstić information content (AvgIpc) is 2.73. The molecule has 18 heavy (non-hydrogen) atoms. The zero-order chi connectivity index (χ0) is 12.9. The van der Waals surface area contributed by atoms with E-state index in [1.807, 2.05) is 7.05 Å². The van der Waals surface area contributed by atoms with Gasteiger partial charge in [0.2, 0.25) is 0 Å². The lowest BCUT2D eigenvalue weighted by Crippen LogP contribution is -2.21. The highest BCUT2D eigenvalue weighted by atomic mass is 19.2. The van der Waals surface area contributed by atoms with Crippen molar-refractivity contribution in [3.63, 3.8) is 0 Å². The van der Waals surface area contributed by atoms with Crippen molar-refractivity contribution in [1.29, 1.82) is 0 Å². The maximum Gasteiger partial charge on any atom is 0.195 e. The summed E-state index contributed by atoms with van der Waals surface area (Å²) in [6, 6.07) is 1.12. The highest BCUT2D eigenvalue weighted by Crippen LogP contribution is 2.36. The summed E-state index contributed by atoms with van der Waals surface area (Å²) in [4.78, 5) is 3.02. The van der Waals surface area contributed by atoms with Gasteiger partial charge in [0, 0.05) is 23.2 Å². The molecule has 0 radical (unpaired) electrons. The molecule has 96 valence electrons. The van der Waals surface area contributed by atoms with Crippen LogP contribution in [-0.2, 0) is 6.42 Å². The van der Waals surface area contributed by atoms with Gasteiger partial charge >= 0.3 is 0 Å². The molecule has 0 amide bonds.